The average molecular weight is 381 g/mol. The minimum atomic E-state index is -0.148. The molecular weight excluding hydrogens is 354 g/mol. The summed E-state index contributed by atoms with van der Waals surface area (Å²) in [5.74, 6) is 1.11. The fourth-order valence-corrected chi connectivity index (χ4v) is 3.54. The Labute approximate surface area is 165 Å². The molecule has 1 atom stereocenters. The van der Waals surface area contributed by atoms with E-state index in [1.54, 1.807) is 18.0 Å². The molecule has 2 heterocycles. The van der Waals surface area contributed by atoms with Crippen LogP contribution in [0.1, 0.15) is 36.5 Å². The summed E-state index contributed by atoms with van der Waals surface area (Å²) in [4.78, 5) is 30.1. The SMILES string of the molecule is CC(=O)N1CCC[C@H](C(=O)NCc2ccnc(Oc3cc(C)cc(C)c3)c2)C1. The highest BCUT2D eigenvalue weighted by Gasteiger charge is 2.26. The molecule has 1 aromatic carbocycles. The van der Waals surface area contributed by atoms with Crippen LogP contribution in [0.25, 0.3) is 0 Å². The maximum Gasteiger partial charge on any atom is 0.225 e. The summed E-state index contributed by atoms with van der Waals surface area (Å²) in [5.41, 5.74) is 3.18. The normalized spacial score (nSPS) is 16.5. The monoisotopic (exact) mass is 381 g/mol. The molecule has 6 heteroatoms. The van der Waals surface area contributed by atoms with Gasteiger partial charge in [-0.2, -0.15) is 0 Å². The second-order valence-corrected chi connectivity index (χ2v) is 7.45. The van der Waals surface area contributed by atoms with Crippen LogP contribution in [0.15, 0.2) is 36.5 Å². The zero-order chi connectivity index (χ0) is 20.1. The number of aryl methyl sites for hydroxylation is 2. The summed E-state index contributed by atoms with van der Waals surface area (Å²) < 4.78 is 5.88. The fourth-order valence-electron chi connectivity index (χ4n) is 3.54. The van der Waals surface area contributed by atoms with Gasteiger partial charge in [-0.05, 0) is 61.6 Å². The number of hydrogen-bond donors (Lipinski definition) is 1. The van der Waals surface area contributed by atoms with Gasteiger partial charge in [0.2, 0.25) is 17.7 Å². The molecule has 0 radical (unpaired) electrons. The summed E-state index contributed by atoms with van der Waals surface area (Å²) in [5, 5.41) is 2.98. The first-order valence-electron chi connectivity index (χ1n) is 9.65. The molecule has 1 aliphatic rings. The molecule has 6 nitrogen and oxygen atoms in total. The van der Waals surface area contributed by atoms with E-state index >= 15 is 0 Å². The number of nitrogens with zero attached hydrogens (tertiary/aromatic N) is 2. The van der Waals surface area contributed by atoms with E-state index in [1.807, 2.05) is 38.1 Å². The van der Waals surface area contributed by atoms with E-state index in [1.165, 1.54) is 0 Å². The molecule has 1 fully saturated rings. The number of carbonyl (C=O) groups excluding carboxylic acids is 2. The van der Waals surface area contributed by atoms with Crippen molar-refractivity contribution in [2.75, 3.05) is 13.1 Å². The molecule has 2 aromatic rings. The van der Waals surface area contributed by atoms with Gasteiger partial charge >= 0.3 is 0 Å². The molecule has 1 aliphatic heterocycles. The number of pyridine rings is 1. The Morgan fingerprint density at radius 2 is 1.96 bits per heavy atom. The zero-order valence-corrected chi connectivity index (χ0v) is 16.7. The number of nitrogens with one attached hydrogen (secondary N) is 1. The van der Waals surface area contributed by atoms with Crippen LogP contribution in [-0.2, 0) is 16.1 Å². The highest BCUT2D eigenvalue weighted by Crippen LogP contribution is 2.23. The highest BCUT2D eigenvalue weighted by atomic mass is 16.5. The van der Waals surface area contributed by atoms with Crippen LogP contribution in [0.2, 0.25) is 0 Å². The van der Waals surface area contributed by atoms with Crippen molar-refractivity contribution in [3.63, 3.8) is 0 Å². The van der Waals surface area contributed by atoms with Crippen molar-refractivity contribution in [2.24, 2.45) is 5.92 Å². The molecule has 148 valence electrons. The molecular formula is C22H27N3O3. The van der Waals surface area contributed by atoms with E-state index < -0.39 is 0 Å². The van der Waals surface area contributed by atoms with Gasteiger partial charge in [0.25, 0.3) is 0 Å². The lowest BCUT2D eigenvalue weighted by atomic mass is 9.97. The second kappa shape index (κ2) is 8.87. The molecule has 0 saturated carbocycles. The third kappa shape index (κ3) is 5.31. The zero-order valence-electron chi connectivity index (χ0n) is 16.7. The van der Waals surface area contributed by atoms with E-state index in [0.717, 1.165) is 41.8 Å². The number of piperidine rings is 1. The first kappa shape index (κ1) is 19.9. The Morgan fingerprint density at radius 3 is 2.68 bits per heavy atom. The van der Waals surface area contributed by atoms with Gasteiger partial charge in [0.05, 0.1) is 5.92 Å². The number of hydrogen-bond acceptors (Lipinski definition) is 4. The first-order chi connectivity index (χ1) is 13.4. The Hall–Kier alpha value is -2.89. The Balaban J connectivity index is 1.58. The summed E-state index contributed by atoms with van der Waals surface area (Å²) in [6, 6.07) is 9.71. The van der Waals surface area contributed by atoms with Gasteiger partial charge in [-0.3, -0.25) is 9.59 Å². The number of rotatable bonds is 5. The van der Waals surface area contributed by atoms with Gasteiger partial charge in [-0.25, -0.2) is 4.98 Å². The van der Waals surface area contributed by atoms with Crippen molar-refractivity contribution in [3.05, 3.63) is 53.2 Å². The molecule has 0 bridgehead atoms. The van der Waals surface area contributed by atoms with E-state index in [9.17, 15) is 9.59 Å². The van der Waals surface area contributed by atoms with E-state index in [4.69, 9.17) is 4.74 Å². The van der Waals surface area contributed by atoms with Gasteiger partial charge < -0.3 is 15.0 Å². The van der Waals surface area contributed by atoms with Gasteiger partial charge in [-0.15, -0.1) is 0 Å². The third-order valence-electron chi connectivity index (χ3n) is 4.92. The van der Waals surface area contributed by atoms with E-state index in [-0.39, 0.29) is 17.7 Å². The standard InChI is InChI=1S/C22H27N3O3/c1-15-9-16(2)11-20(10-15)28-21-12-18(6-7-23-21)13-24-22(27)19-5-4-8-25(14-19)17(3)26/h6-7,9-12,19H,4-5,8,13-14H2,1-3H3,(H,24,27)/t19-/m0/s1. The lowest BCUT2D eigenvalue weighted by molar-refractivity contribution is -0.134. The minimum absolute atomic E-state index is 0.0143. The molecule has 0 unspecified atom stereocenters. The van der Waals surface area contributed by atoms with Crippen LogP contribution in [0.5, 0.6) is 11.6 Å². The maximum atomic E-state index is 12.5. The van der Waals surface area contributed by atoms with E-state index in [2.05, 4.69) is 16.4 Å². The molecule has 3 rings (SSSR count). The molecule has 1 saturated heterocycles. The van der Waals surface area contributed by atoms with Crippen LogP contribution >= 0.6 is 0 Å². The van der Waals surface area contributed by atoms with Crippen molar-refractivity contribution in [2.45, 2.75) is 40.2 Å². The predicted octanol–water partition coefficient (Wildman–Crippen LogP) is 3.37. The summed E-state index contributed by atoms with van der Waals surface area (Å²) in [6.07, 6.45) is 3.35. The number of benzene rings is 1. The number of aromatic nitrogens is 1. The van der Waals surface area contributed by atoms with Gasteiger partial charge in [0.15, 0.2) is 0 Å². The summed E-state index contributed by atoms with van der Waals surface area (Å²) >= 11 is 0. The lowest BCUT2D eigenvalue weighted by Crippen LogP contribution is -2.44. The Morgan fingerprint density at radius 1 is 1.21 bits per heavy atom. The number of carbonyl (C=O) groups is 2. The van der Waals surface area contributed by atoms with Gasteiger partial charge in [0.1, 0.15) is 5.75 Å². The van der Waals surface area contributed by atoms with Gasteiger partial charge in [-0.1, -0.05) is 6.07 Å². The van der Waals surface area contributed by atoms with Crippen LogP contribution < -0.4 is 10.1 Å². The smallest absolute Gasteiger partial charge is 0.225 e. The highest BCUT2D eigenvalue weighted by molar-refractivity contribution is 5.80. The van der Waals surface area contributed by atoms with Crippen molar-refractivity contribution in [3.8, 4) is 11.6 Å². The van der Waals surface area contributed by atoms with Crippen molar-refractivity contribution < 1.29 is 14.3 Å². The quantitative estimate of drug-likeness (QED) is 0.862. The van der Waals surface area contributed by atoms with Crippen LogP contribution in [0.4, 0.5) is 0 Å². The van der Waals surface area contributed by atoms with Crippen LogP contribution in [0.3, 0.4) is 0 Å². The second-order valence-electron chi connectivity index (χ2n) is 7.45. The largest absolute Gasteiger partial charge is 0.439 e. The molecule has 1 aromatic heterocycles. The molecule has 0 spiro atoms. The molecule has 0 aliphatic carbocycles. The van der Waals surface area contributed by atoms with Crippen molar-refractivity contribution >= 4 is 11.8 Å². The van der Waals surface area contributed by atoms with Crippen molar-refractivity contribution in [1.82, 2.24) is 15.2 Å². The fraction of sp³-hybridized carbons (Fsp3) is 0.409. The van der Waals surface area contributed by atoms with Crippen LogP contribution in [0, 0.1) is 19.8 Å². The first-order valence-corrected chi connectivity index (χ1v) is 9.65. The minimum Gasteiger partial charge on any atom is -0.439 e. The molecule has 1 N–H and O–H groups in total. The number of ether oxygens (including phenoxy) is 1. The molecule has 2 amide bonds. The third-order valence-corrected chi connectivity index (χ3v) is 4.92. The summed E-state index contributed by atoms with van der Waals surface area (Å²) in [7, 11) is 0. The Kier molecular flexibility index (Phi) is 6.29. The topological polar surface area (TPSA) is 71.5 Å². The van der Waals surface area contributed by atoms with Crippen LogP contribution in [-0.4, -0.2) is 34.8 Å². The number of likely N-dealkylation sites (tertiary alicyclic amines) is 1. The number of amides is 2. The Bertz CT molecular complexity index is 846. The maximum absolute atomic E-state index is 12.5. The molecule has 28 heavy (non-hydrogen) atoms. The average Bonchev–Trinajstić information content (AvgIpc) is 2.65. The van der Waals surface area contributed by atoms with Gasteiger partial charge in [0, 0.05) is 38.8 Å². The van der Waals surface area contributed by atoms with Crippen molar-refractivity contribution in [1.29, 1.82) is 0 Å². The van der Waals surface area contributed by atoms with E-state index in [0.29, 0.717) is 19.0 Å². The summed E-state index contributed by atoms with van der Waals surface area (Å²) in [6.45, 7) is 7.24. The lowest BCUT2D eigenvalue weighted by Gasteiger charge is -2.31. The predicted molar refractivity (Wildman–Crippen MR) is 107 cm³/mol.